The summed E-state index contributed by atoms with van der Waals surface area (Å²) in [5.74, 6) is 1.28. The van der Waals surface area contributed by atoms with E-state index in [4.69, 9.17) is 0 Å². The van der Waals surface area contributed by atoms with Crippen LogP contribution in [-0.2, 0) is 6.54 Å². The summed E-state index contributed by atoms with van der Waals surface area (Å²) in [4.78, 5) is 25.3. The van der Waals surface area contributed by atoms with E-state index in [1.807, 2.05) is 6.07 Å². The Morgan fingerprint density at radius 2 is 2.00 bits per heavy atom. The topological polar surface area (TPSA) is 54.9 Å². The molecular weight excluding hydrogens is 252 g/mol. The van der Waals surface area contributed by atoms with Crippen LogP contribution >= 0.6 is 0 Å². The lowest BCUT2D eigenvalue weighted by molar-refractivity contribution is 0.559. The van der Waals surface area contributed by atoms with E-state index in [0.717, 1.165) is 6.42 Å². The van der Waals surface area contributed by atoms with Gasteiger partial charge in [0.25, 0.3) is 5.56 Å². The summed E-state index contributed by atoms with van der Waals surface area (Å²) in [6, 6.07) is 10.5. The Morgan fingerprint density at radius 3 is 2.75 bits per heavy atom. The minimum Gasteiger partial charge on any atom is -0.300 e. The fourth-order valence-electron chi connectivity index (χ4n) is 2.76. The molecule has 1 aromatic carbocycles. The van der Waals surface area contributed by atoms with Crippen LogP contribution in [0.15, 0.2) is 46.1 Å². The first kappa shape index (κ1) is 12.9. The molecule has 2 aromatic rings. The highest BCUT2D eigenvalue weighted by molar-refractivity contribution is 5.25. The second kappa shape index (κ2) is 5.12. The van der Waals surface area contributed by atoms with Gasteiger partial charge in [-0.05, 0) is 37.2 Å². The maximum Gasteiger partial charge on any atom is 0.328 e. The molecule has 0 unspecified atom stereocenters. The van der Waals surface area contributed by atoms with Crippen LogP contribution < -0.4 is 11.2 Å². The Kier molecular flexibility index (Phi) is 3.30. The number of nitrogens with zero attached hydrogens (tertiary/aromatic N) is 1. The highest BCUT2D eigenvalue weighted by Crippen LogP contribution is 2.49. The molecule has 104 valence electrons. The van der Waals surface area contributed by atoms with Gasteiger partial charge in [0.15, 0.2) is 0 Å². The first-order valence-electron chi connectivity index (χ1n) is 7.00. The van der Waals surface area contributed by atoms with E-state index in [1.165, 1.54) is 12.0 Å². The summed E-state index contributed by atoms with van der Waals surface area (Å²) in [6.07, 6.45) is 3.83. The lowest BCUT2D eigenvalue weighted by Gasteiger charge is -2.05. The number of H-pyrrole nitrogens is 1. The van der Waals surface area contributed by atoms with Crippen molar-refractivity contribution in [2.75, 3.05) is 0 Å². The molecule has 0 amide bonds. The first-order valence-corrected chi connectivity index (χ1v) is 7.00. The molecule has 1 heterocycles. The smallest absolute Gasteiger partial charge is 0.300 e. The van der Waals surface area contributed by atoms with E-state index in [0.29, 0.717) is 23.9 Å². The average molecular weight is 270 g/mol. The van der Waals surface area contributed by atoms with Crippen LogP contribution in [0.3, 0.4) is 0 Å². The normalized spacial score (nSPS) is 20.9. The Hall–Kier alpha value is -2.10. The van der Waals surface area contributed by atoms with Gasteiger partial charge in [-0.2, -0.15) is 0 Å². The largest absolute Gasteiger partial charge is 0.328 e. The average Bonchev–Trinajstić information content (AvgIpc) is 3.22. The second-order valence-electron chi connectivity index (χ2n) is 5.57. The standard InChI is InChI=1S/C16H18N2O2/c1-11-10-18(16(20)17-15(11)19)8-7-13-9-14(13)12-5-3-2-4-6-12/h2-6,10,13-14H,7-9H2,1H3,(H,17,19,20)/t13-,14-/m0/s1. The molecule has 0 bridgehead atoms. The van der Waals surface area contributed by atoms with E-state index in [1.54, 1.807) is 17.7 Å². The van der Waals surface area contributed by atoms with Gasteiger partial charge < -0.3 is 4.57 Å². The zero-order chi connectivity index (χ0) is 14.1. The minimum atomic E-state index is -0.308. The summed E-state index contributed by atoms with van der Waals surface area (Å²) >= 11 is 0. The third-order valence-electron chi connectivity index (χ3n) is 4.08. The van der Waals surface area contributed by atoms with E-state index < -0.39 is 0 Å². The molecule has 4 heteroatoms. The summed E-state index contributed by atoms with van der Waals surface area (Å²) in [6.45, 7) is 2.39. The molecule has 3 rings (SSSR count). The number of rotatable bonds is 4. The van der Waals surface area contributed by atoms with Crippen LogP contribution in [0.4, 0.5) is 0 Å². The van der Waals surface area contributed by atoms with E-state index in [-0.39, 0.29) is 11.2 Å². The third kappa shape index (κ3) is 2.59. The fraction of sp³-hybridized carbons (Fsp3) is 0.375. The molecule has 1 fully saturated rings. The number of benzene rings is 1. The molecule has 0 aliphatic heterocycles. The Bertz CT molecular complexity index is 715. The van der Waals surface area contributed by atoms with Gasteiger partial charge in [0.2, 0.25) is 0 Å². The minimum absolute atomic E-state index is 0.292. The van der Waals surface area contributed by atoms with Crippen LogP contribution in [0.1, 0.15) is 29.9 Å². The zero-order valence-electron chi connectivity index (χ0n) is 11.5. The number of hydrogen-bond acceptors (Lipinski definition) is 2. The number of aromatic nitrogens is 2. The van der Waals surface area contributed by atoms with Crippen LogP contribution in [0, 0.1) is 12.8 Å². The third-order valence-corrected chi connectivity index (χ3v) is 4.08. The van der Waals surface area contributed by atoms with Crippen molar-refractivity contribution in [2.24, 2.45) is 5.92 Å². The first-order chi connectivity index (χ1) is 9.65. The van der Waals surface area contributed by atoms with Crippen LogP contribution in [0.5, 0.6) is 0 Å². The van der Waals surface area contributed by atoms with Gasteiger partial charge >= 0.3 is 5.69 Å². The molecule has 0 spiro atoms. The van der Waals surface area contributed by atoms with Gasteiger partial charge in [-0.1, -0.05) is 30.3 Å². The number of hydrogen-bond donors (Lipinski definition) is 1. The van der Waals surface area contributed by atoms with E-state index >= 15 is 0 Å². The van der Waals surface area contributed by atoms with Crippen molar-refractivity contribution < 1.29 is 0 Å². The van der Waals surface area contributed by atoms with Gasteiger partial charge in [0.1, 0.15) is 0 Å². The molecule has 1 N–H and O–H groups in total. The predicted octanol–water partition coefficient (Wildman–Crippen LogP) is 2.04. The molecule has 4 nitrogen and oxygen atoms in total. The maximum atomic E-state index is 11.7. The molecule has 0 radical (unpaired) electrons. The molecule has 1 aliphatic rings. The molecular formula is C16H18N2O2. The Labute approximate surface area is 117 Å². The number of aromatic amines is 1. The molecule has 2 atom stereocenters. The quantitative estimate of drug-likeness (QED) is 0.924. The number of nitrogens with one attached hydrogen (secondary N) is 1. The van der Waals surface area contributed by atoms with Crippen molar-refractivity contribution in [2.45, 2.75) is 32.2 Å². The van der Waals surface area contributed by atoms with Gasteiger partial charge in [0, 0.05) is 18.3 Å². The molecule has 0 saturated heterocycles. The molecule has 1 aromatic heterocycles. The monoisotopic (exact) mass is 270 g/mol. The summed E-state index contributed by atoms with van der Waals surface area (Å²) in [7, 11) is 0. The van der Waals surface area contributed by atoms with Crippen molar-refractivity contribution >= 4 is 0 Å². The molecule has 1 saturated carbocycles. The van der Waals surface area contributed by atoms with Crippen molar-refractivity contribution in [3.8, 4) is 0 Å². The van der Waals surface area contributed by atoms with Crippen molar-refractivity contribution in [3.63, 3.8) is 0 Å². The van der Waals surface area contributed by atoms with E-state index in [9.17, 15) is 9.59 Å². The zero-order valence-corrected chi connectivity index (χ0v) is 11.5. The highest BCUT2D eigenvalue weighted by atomic mass is 16.2. The Balaban J connectivity index is 1.64. The van der Waals surface area contributed by atoms with Crippen molar-refractivity contribution in [1.29, 1.82) is 0 Å². The van der Waals surface area contributed by atoms with E-state index in [2.05, 4.69) is 29.2 Å². The Morgan fingerprint density at radius 1 is 1.25 bits per heavy atom. The van der Waals surface area contributed by atoms with Gasteiger partial charge in [0.05, 0.1) is 0 Å². The molecule has 20 heavy (non-hydrogen) atoms. The van der Waals surface area contributed by atoms with Gasteiger partial charge in [-0.3, -0.25) is 9.78 Å². The highest BCUT2D eigenvalue weighted by Gasteiger charge is 2.37. The maximum absolute atomic E-state index is 11.7. The predicted molar refractivity (Wildman–Crippen MR) is 78.0 cm³/mol. The van der Waals surface area contributed by atoms with Gasteiger partial charge in [-0.25, -0.2) is 4.79 Å². The van der Waals surface area contributed by atoms with Crippen molar-refractivity contribution in [1.82, 2.24) is 9.55 Å². The summed E-state index contributed by atoms with van der Waals surface area (Å²) in [5, 5.41) is 0. The SMILES string of the molecule is Cc1cn(CC[C@H]2C[C@H]2c2ccccc2)c(=O)[nH]c1=O. The lowest BCUT2D eigenvalue weighted by atomic mass is 10.1. The number of aryl methyl sites for hydroxylation is 2. The second-order valence-corrected chi connectivity index (χ2v) is 5.57. The van der Waals surface area contributed by atoms with Crippen LogP contribution in [0.25, 0.3) is 0 Å². The van der Waals surface area contributed by atoms with Crippen LogP contribution in [0.2, 0.25) is 0 Å². The summed E-state index contributed by atoms with van der Waals surface area (Å²) in [5.41, 5.74) is 1.37. The fourth-order valence-corrected chi connectivity index (χ4v) is 2.76. The lowest BCUT2D eigenvalue weighted by Crippen LogP contribution is -2.30. The van der Waals surface area contributed by atoms with Gasteiger partial charge in [-0.15, -0.1) is 0 Å². The van der Waals surface area contributed by atoms with Crippen LogP contribution in [-0.4, -0.2) is 9.55 Å². The van der Waals surface area contributed by atoms with Crippen molar-refractivity contribution in [3.05, 3.63) is 68.5 Å². The summed E-state index contributed by atoms with van der Waals surface area (Å²) < 4.78 is 1.61. The molecule has 1 aliphatic carbocycles.